The highest BCUT2D eigenvalue weighted by Gasteiger charge is 2.41. The van der Waals surface area contributed by atoms with Crippen molar-refractivity contribution in [2.24, 2.45) is 5.41 Å². The van der Waals surface area contributed by atoms with Crippen LogP contribution in [0, 0.1) is 5.41 Å². The van der Waals surface area contributed by atoms with Gasteiger partial charge in [-0.2, -0.15) is 0 Å². The van der Waals surface area contributed by atoms with E-state index in [2.05, 4.69) is 5.32 Å². The van der Waals surface area contributed by atoms with Crippen molar-refractivity contribution in [1.29, 1.82) is 0 Å². The van der Waals surface area contributed by atoms with Crippen molar-refractivity contribution in [2.75, 3.05) is 25.5 Å². The number of carbonyl (C=O) groups is 1. The molecule has 0 saturated heterocycles. The van der Waals surface area contributed by atoms with Gasteiger partial charge in [0.05, 0.1) is 13.0 Å². The Balaban J connectivity index is 1.62. The fraction of sp³-hybridized carbons (Fsp3) is 0.533. The summed E-state index contributed by atoms with van der Waals surface area (Å²) < 4.78 is 5.47. The number of carbonyl (C=O) groups excluding carboxylic acids is 1. The zero-order valence-corrected chi connectivity index (χ0v) is 11.6. The summed E-state index contributed by atoms with van der Waals surface area (Å²) in [7, 11) is 0. The lowest BCUT2D eigenvalue weighted by atomic mass is 10.0. The molecule has 0 spiro atoms. The minimum absolute atomic E-state index is 0.00957. The Bertz CT molecular complexity index is 441. The van der Waals surface area contributed by atoms with Crippen molar-refractivity contribution in [3.63, 3.8) is 0 Å². The van der Waals surface area contributed by atoms with Crippen LogP contribution in [0.15, 0.2) is 24.3 Å². The van der Waals surface area contributed by atoms with E-state index in [4.69, 9.17) is 15.6 Å². The second-order valence-electron chi connectivity index (χ2n) is 5.42. The van der Waals surface area contributed by atoms with E-state index in [9.17, 15) is 4.79 Å². The number of nitrogens with one attached hydrogen (secondary N) is 1. The Kier molecular flexibility index (Phi) is 4.84. The summed E-state index contributed by atoms with van der Waals surface area (Å²) in [4.78, 5) is 11.7. The molecule has 0 aromatic heterocycles. The van der Waals surface area contributed by atoms with E-state index in [0.717, 1.165) is 19.3 Å². The van der Waals surface area contributed by atoms with Gasteiger partial charge in [-0.05, 0) is 48.9 Å². The zero-order chi connectivity index (χ0) is 14.4. The van der Waals surface area contributed by atoms with Crippen LogP contribution in [0.2, 0.25) is 0 Å². The molecule has 0 unspecified atom stereocenters. The van der Waals surface area contributed by atoms with Crippen LogP contribution in [0.1, 0.15) is 25.7 Å². The van der Waals surface area contributed by atoms with Crippen LogP contribution in [-0.2, 0) is 4.79 Å². The van der Waals surface area contributed by atoms with Crippen molar-refractivity contribution in [1.82, 2.24) is 5.32 Å². The lowest BCUT2D eigenvalue weighted by Gasteiger charge is -2.14. The van der Waals surface area contributed by atoms with Crippen LogP contribution >= 0.6 is 0 Å². The maximum Gasteiger partial charge on any atom is 0.223 e. The van der Waals surface area contributed by atoms with E-state index < -0.39 is 0 Å². The lowest BCUT2D eigenvalue weighted by molar-refractivity contribution is -0.121. The van der Waals surface area contributed by atoms with Gasteiger partial charge in [0.1, 0.15) is 5.75 Å². The first-order chi connectivity index (χ1) is 9.63. The molecule has 1 amide bonds. The normalized spacial score (nSPS) is 15.7. The van der Waals surface area contributed by atoms with Gasteiger partial charge < -0.3 is 20.9 Å². The first kappa shape index (κ1) is 14.7. The highest BCUT2D eigenvalue weighted by Crippen LogP contribution is 2.47. The van der Waals surface area contributed by atoms with Crippen LogP contribution < -0.4 is 15.8 Å². The Morgan fingerprint density at radius 2 is 2.05 bits per heavy atom. The third kappa shape index (κ3) is 4.42. The van der Waals surface area contributed by atoms with Crippen molar-refractivity contribution >= 4 is 11.6 Å². The number of aliphatic hydroxyl groups excluding tert-OH is 1. The van der Waals surface area contributed by atoms with Gasteiger partial charge in [-0.25, -0.2) is 0 Å². The van der Waals surface area contributed by atoms with Crippen LogP contribution in [0.4, 0.5) is 5.69 Å². The molecule has 0 atom stereocenters. The summed E-state index contributed by atoms with van der Waals surface area (Å²) in [5, 5.41) is 11.9. The fourth-order valence-corrected chi connectivity index (χ4v) is 2.13. The van der Waals surface area contributed by atoms with Crippen molar-refractivity contribution in [3.05, 3.63) is 24.3 Å². The molecule has 1 aromatic rings. The molecule has 0 heterocycles. The number of rotatable bonds is 8. The number of amides is 1. The third-order valence-electron chi connectivity index (χ3n) is 3.74. The molecule has 1 aromatic carbocycles. The second-order valence-corrected chi connectivity index (χ2v) is 5.42. The minimum Gasteiger partial charge on any atom is -0.493 e. The molecule has 1 aliphatic rings. The second kappa shape index (κ2) is 6.61. The molecule has 0 radical (unpaired) electrons. The average molecular weight is 278 g/mol. The quantitative estimate of drug-likeness (QED) is 0.626. The number of hydrogen-bond acceptors (Lipinski definition) is 4. The van der Waals surface area contributed by atoms with Crippen LogP contribution in [0.5, 0.6) is 5.75 Å². The highest BCUT2D eigenvalue weighted by atomic mass is 16.5. The maximum atomic E-state index is 11.7. The largest absolute Gasteiger partial charge is 0.493 e. The average Bonchev–Trinajstić information content (AvgIpc) is 3.20. The molecule has 5 heteroatoms. The Morgan fingerprint density at radius 3 is 2.65 bits per heavy atom. The maximum absolute atomic E-state index is 11.7. The van der Waals surface area contributed by atoms with E-state index in [0.29, 0.717) is 31.0 Å². The van der Waals surface area contributed by atoms with Gasteiger partial charge in [0.2, 0.25) is 5.91 Å². The summed E-state index contributed by atoms with van der Waals surface area (Å²) in [5.74, 6) is 0.704. The first-order valence-electron chi connectivity index (χ1n) is 6.99. The fourth-order valence-electron chi connectivity index (χ4n) is 2.13. The molecule has 4 N–H and O–H groups in total. The van der Waals surface area contributed by atoms with E-state index in [1.54, 1.807) is 24.3 Å². The molecule has 110 valence electrons. The summed E-state index contributed by atoms with van der Waals surface area (Å²) >= 11 is 0. The number of benzene rings is 1. The van der Waals surface area contributed by atoms with Crippen LogP contribution in [-0.4, -0.2) is 30.8 Å². The van der Waals surface area contributed by atoms with E-state index in [1.807, 2.05) is 0 Å². The van der Waals surface area contributed by atoms with Crippen LogP contribution in [0.25, 0.3) is 0 Å². The minimum atomic E-state index is -0.00957. The van der Waals surface area contributed by atoms with E-state index in [1.165, 1.54) is 0 Å². The molecule has 0 bridgehead atoms. The first-order valence-corrected chi connectivity index (χ1v) is 6.99. The number of anilines is 1. The highest BCUT2D eigenvalue weighted by molar-refractivity contribution is 5.76. The van der Waals surface area contributed by atoms with Crippen molar-refractivity contribution < 1.29 is 14.6 Å². The number of ether oxygens (including phenoxy) is 1. The zero-order valence-electron chi connectivity index (χ0n) is 11.6. The predicted molar refractivity (Wildman–Crippen MR) is 77.3 cm³/mol. The van der Waals surface area contributed by atoms with Crippen molar-refractivity contribution in [3.8, 4) is 5.75 Å². The molecule has 1 aliphatic carbocycles. The summed E-state index contributed by atoms with van der Waals surface area (Å²) in [6, 6.07) is 7.10. The topological polar surface area (TPSA) is 84.6 Å². The standard InChI is InChI=1S/C15H22N2O3/c16-12-1-3-13(4-2-12)20-10-5-14(19)17-11-15(6-7-15)8-9-18/h1-4,18H,5-11,16H2,(H,17,19). The number of nitrogen functional groups attached to an aromatic ring is 1. The van der Waals surface area contributed by atoms with Gasteiger partial charge in [-0.15, -0.1) is 0 Å². The number of hydrogen-bond donors (Lipinski definition) is 3. The van der Waals surface area contributed by atoms with Gasteiger partial charge in [0.25, 0.3) is 0 Å². The number of aliphatic hydroxyl groups is 1. The Hall–Kier alpha value is -1.75. The van der Waals surface area contributed by atoms with Crippen LogP contribution in [0.3, 0.4) is 0 Å². The Morgan fingerprint density at radius 1 is 1.35 bits per heavy atom. The monoisotopic (exact) mass is 278 g/mol. The smallest absolute Gasteiger partial charge is 0.223 e. The molecule has 1 saturated carbocycles. The third-order valence-corrected chi connectivity index (χ3v) is 3.74. The molecular formula is C15H22N2O3. The summed E-state index contributed by atoms with van der Waals surface area (Å²) in [6.45, 7) is 1.20. The van der Waals surface area contributed by atoms with Gasteiger partial charge in [0.15, 0.2) is 0 Å². The number of nitrogens with two attached hydrogens (primary N) is 1. The van der Waals surface area contributed by atoms with Gasteiger partial charge in [0, 0.05) is 18.8 Å². The van der Waals surface area contributed by atoms with Gasteiger partial charge >= 0.3 is 0 Å². The van der Waals surface area contributed by atoms with E-state index in [-0.39, 0.29) is 17.9 Å². The Labute approximate surface area is 119 Å². The molecule has 2 rings (SSSR count). The summed E-state index contributed by atoms with van der Waals surface area (Å²) in [5.41, 5.74) is 6.42. The van der Waals surface area contributed by atoms with Crippen molar-refractivity contribution in [2.45, 2.75) is 25.7 Å². The molecule has 5 nitrogen and oxygen atoms in total. The lowest BCUT2D eigenvalue weighted by Crippen LogP contribution is -2.31. The SMILES string of the molecule is Nc1ccc(OCCC(=O)NCC2(CCO)CC2)cc1. The summed E-state index contributed by atoms with van der Waals surface area (Å²) in [6.07, 6.45) is 3.29. The van der Waals surface area contributed by atoms with E-state index >= 15 is 0 Å². The molecular weight excluding hydrogens is 256 g/mol. The molecule has 0 aliphatic heterocycles. The predicted octanol–water partition coefficient (Wildman–Crippen LogP) is 1.32. The van der Waals surface area contributed by atoms with Gasteiger partial charge in [-0.3, -0.25) is 4.79 Å². The van der Waals surface area contributed by atoms with Gasteiger partial charge in [-0.1, -0.05) is 0 Å². The molecule has 1 fully saturated rings. The molecule has 20 heavy (non-hydrogen) atoms.